The van der Waals surface area contributed by atoms with Crippen molar-refractivity contribution in [2.45, 2.75) is 6.92 Å². The standard InChI is InChI=1S/C11H11N3O3/c1-2-17-11(16)9-8-6(10(15)14-13-9)4-3-5-7(8)12/h3-5H,2,12H2,1H3,(H,14,15). The van der Waals surface area contributed by atoms with Gasteiger partial charge in [0.2, 0.25) is 0 Å². The molecule has 2 rings (SSSR count). The Labute approximate surface area is 96.4 Å². The highest BCUT2D eigenvalue weighted by Crippen LogP contribution is 2.20. The van der Waals surface area contributed by atoms with Gasteiger partial charge in [0.1, 0.15) is 0 Å². The van der Waals surface area contributed by atoms with Crippen LogP contribution in [0.3, 0.4) is 0 Å². The van der Waals surface area contributed by atoms with Crippen molar-refractivity contribution >= 4 is 22.4 Å². The Morgan fingerprint density at radius 3 is 3.00 bits per heavy atom. The van der Waals surface area contributed by atoms with Crippen LogP contribution in [-0.4, -0.2) is 22.8 Å². The van der Waals surface area contributed by atoms with Crippen molar-refractivity contribution in [1.82, 2.24) is 10.2 Å². The number of nitrogens with zero attached hydrogens (tertiary/aromatic N) is 1. The van der Waals surface area contributed by atoms with E-state index in [1.807, 2.05) is 0 Å². The van der Waals surface area contributed by atoms with Crippen LogP contribution in [0.4, 0.5) is 5.69 Å². The van der Waals surface area contributed by atoms with Crippen LogP contribution in [0.1, 0.15) is 17.4 Å². The topological polar surface area (TPSA) is 98.1 Å². The summed E-state index contributed by atoms with van der Waals surface area (Å²) in [6, 6.07) is 4.82. The summed E-state index contributed by atoms with van der Waals surface area (Å²) in [4.78, 5) is 23.2. The van der Waals surface area contributed by atoms with Gasteiger partial charge in [0.15, 0.2) is 5.69 Å². The number of nitrogen functional groups attached to an aromatic ring is 1. The van der Waals surface area contributed by atoms with Gasteiger partial charge in [-0.15, -0.1) is 0 Å². The fourth-order valence-electron chi connectivity index (χ4n) is 1.59. The number of anilines is 1. The number of carbonyl (C=O) groups is 1. The van der Waals surface area contributed by atoms with Gasteiger partial charge in [-0.05, 0) is 19.1 Å². The number of hydrogen-bond donors (Lipinski definition) is 2. The Kier molecular flexibility index (Phi) is 2.78. The first-order chi connectivity index (χ1) is 8.15. The van der Waals surface area contributed by atoms with Crippen molar-refractivity contribution in [2.24, 2.45) is 0 Å². The predicted octanol–water partition coefficient (Wildman–Crippen LogP) is 0.682. The second kappa shape index (κ2) is 4.25. The van der Waals surface area contributed by atoms with E-state index in [0.717, 1.165) is 0 Å². The Balaban J connectivity index is 2.77. The second-order valence-electron chi connectivity index (χ2n) is 3.39. The average molecular weight is 233 g/mol. The van der Waals surface area contributed by atoms with Crippen LogP contribution in [0.25, 0.3) is 10.8 Å². The van der Waals surface area contributed by atoms with Crippen LogP contribution < -0.4 is 11.3 Å². The Bertz CT molecular complexity index is 633. The second-order valence-corrected chi connectivity index (χ2v) is 3.39. The number of aromatic nitrogens is 2. The number of ether oxygens (including phenoxy) is 1. The minimum atomic E-state index is -0.605. The molecule has 0 spiro atoms. The minimum absolute atomic E-state index is 0.0274. The molecular weight excluding hydrogens is 222 g/mol. The SMILES string of the molecule is CCOC(=O)c1n[nH]c(=O)c2cccc(N)c12. The number of benzene rings is 1. The zero-order valence-corrected chi connectivity index (χ0v) is 9.19. The van der Waals surface area contributed by atoms with E-state index in [9.17, 15) is 9.59 Å². The molecule has 6 heteroatoms. The Hall–Kier alpha value is -2.37. The fraction of sp³-hybridized carbons (Fsp3) is 0.182. The van der Waals surface area contributed by atoms with Crippen molar-refractivity contribution in [3.63, 3.8) is 0 Å². The highest BCUT2D eigenvalue weighted by molar-refractivity contribution is 6.07. The van der Waals surface area contributed by atoms with E-state index in [0.29, 0.717) is 16.5 Å². The summed E-state index contributed by atoms with van der Waals surface area (Å²) in [5.74, 6) is -0.605. The molecule has 3 N–H and O–H groups in total. The third-order valence-electron chi connectivity index (χ3n) is 2.32. The van der Waals surface area contributed by atoms with Crippen LogP contribution >= 0.6 is 0 Å². The third kappa shape index (κ3) is 1.84. The van der Waals surface area contributed by atoms with Crippen LogP contribution in [-0.2, 0) is 4.74 Å². The van der Waals surface area contributed by atoms with E-state index in [4.69, 9.17) is 10.5 Å². The third-order valence-corrected chi connectivity index (χ3v) is 2.32. The lowest BCUT2D eigenvalue weighted by Gasteiger charge is -2.06. The predicted molar refractivity (Wildman–Crippen MR) is 62.7 cm³/mol. The summed E-state index contributed by atoms with van der Waals surface area (Å²) in [5, 5.41) is 6.59. The van der Waals surface area contributed by atoms with Crippen LogP contribution in [0.15, 0.2) is 23.0 Å². The minimum Gasteiger partial charge on any atom is -0.461 e. The summed E-state index contributed by atoms with van der Waals surface area (Å²) in [6.45, 7) is 1.92. The molecule has 17 heavy (non-hydrogen) atoms. The lowest BCUT2D eigenvalue weighted by Crippen LogP contribution is -2.16. The maximum absolute atomic E-state index is 11.7. The smallest absolute Gasteiger partial charge is 0.359 e. The molecule has 0 aliphatic carbocycles. The highest BCUT2D eigenvalue weighted by Gasteiger charge is 2.16. The van der Waals surface area contributed by atoms with E-state index in [1.54, 1.807) is 25.1 Å². The molecule has 88 valence electrons. The van der Waals surface area contributed by atoms with Gasteiger partial charge in [0.05, 0.1) is 12.0 Å². The Morgan fingerprint density at radius 1 is 1.53 bits per heavy atom. The van der Waals surface area contributed by atoms with Gasteiger partial charge in [0, 0.05) is 11.1 Å². The van der Waals surface area contributed by atoms with E-state index in [2.05, 4.69) is 10.2 Å². The zero-order chi connectivity index (χ0) is 12.4. The van der Waals surface area contributed by atoms with Gasteiger partial charge in [-0.3, -0.25) is 4.79 Å². The zero-order valence-electron chi connectivity index (χ0n) is 9.19. The molecule has 0 radical (unpaired) electrons. The monoisotopic (exact) mass is 233 g/mol. The number of carbonyl (C=O) groups excluding carboxylic acids is 1. The first kappa shape index (κ1) is 11.1. The molecule has 0 amide bonds. The Morgan fingerprint density at radius 2 is 2.29 bits per heavy atom. The maximum atomic E-state index is 11.7. The van der Waals surface area contributed by atoms with Crippen molar-refractivity contribution < 1.29 is 9.53 Å². The first-order valence-electron chi connectivity index (χ1n) is 5.09. The van der Waals surface area contributed by atoms with E-state index >= 15 is 0 Å². The largest absolute Gasteiger partial charge is 0.461 e. The number of esters is 1. The molecule has 0 saturated carbocycles. The molecule has 0 aliphatic rings. The summed E-state index contributed by atoms with van der Waals surface area (Å²) < 4.78 is 4.85. The van der Waals surface area contributed by atoms with Gasteiger partial charge < -0.3 is 10.5 Å². The molecule has 0 unspecified atom stereocenters. The lowest BCUT2D eigenvalue weighted by atomic mass is 10.1. The number of hydrogen-bond acceptors (Lipinski definition) is 5. The average Bonchev–Trinajstić information content (AvgIpc) is 2.31. The van der Waals surface area contributed by atoms with Crippen LogP contribution in [0.2, 0.25) is 0 Å². The number of rotatable bonds is 2. The number of nitrogens with one attached hydrogen (secondary N) is 1. The molecule has 0 atom stereocenters. The normalized spacial score (nSPS) is 10.4. The maximum Gasteiger partial charge on any atom is 0.359 e. The molecule has 1 heterocycles. The number of fused-ring (bicyclic) bond motifs is 1. The molecule has 1 aromatic carbocycles. The summed E-state index contributed by atoms with van der Waals surface area (Å²) in [5.41, 5.74) is 5.72. The van der Waals surface area contributed by atoms with Crippen LogP contribution in [0, 0.1) is 0 Å². The summed E-state index contributed by atoms with van der Waals surface area (Å²) in [7, 11) is 0. The van der Waals surface area contributed by atoms with Crippen molar-refractivity contribution in [1.29, 1.82) is 0 Å². The number of nitrogens with two attached hydrogens (primary N) is 1. The van der Waals surface area contributed by atoms with Gasteiger partial charge in [-0.1, -0.05) is 6.07 Å². The van der Waals surface area contributed by atoms with Crippen LogP contribution in [0.5, 0.6) is 0 Å². The molecule has 2 aromatic rings. The number of H-pyrrole nitrogens is 1. The lowest BCUT2D eigenvalue weighted by molar-refractivity contribution is 0.0520. The van der Waals surface area contributed by atoms with Gasteiger partial charge in [-0.25, -0.2) is 9.89 Å². The molecular formula is C11H11N3O3. The quantitative estimate of drug-likeness (QED) is 0.587. The van der Waals surface area contributed by atoms with Gasteiger partial charge >= 0.3 is 5.97 Å². The molecule has 0 bridgehead atoms. The molecule has 1 aromatic heterocycles. The molecule has 0 saturated heterocycles. The van der Waals surface area contributed by atoms with Crippen molar-refractivity contribution in [2.75, 3.05) is 12.3 Å². The summed E-state index contributed by atoms with van der Waals surface area (Å²) >= 11 is 0. The molecule has 6 nitrogen and oxygen atoms in total. The van der Waals surface area contributed by atoms with Crippen molar-refractivity contribution in [3.8, 4) is 0 Å². The summed E-state index contributed by atoms with van der Waals surface area (Å²) in [6.07, 6.45) is 0. The van der Waals surface area contributed by atoms with E-state index in [-0.39, 0.29) is 17.9 Å². The van der Waals surface area contributed by atoms with Gasteiger partial charge in [0.25, 0.3) is 5.56 Å². The first-order valence-corrected chi connectivity index (χ1v) is 5.09. The fourth-order valence-corrected chi connectivity index (χ4v) is 1.59. The molecule has 0 fully saturated rings. The highest BCUT2D eigenvalue weighted by atomic mass is 16.5. The van der Waals surface area contributed by atoms with E-state index < -0.39 is 5.97 Å². The number of aromatic amines is 1. The van der Waals surface area contributed by atoms with Crippen molar-refractivity contribution in [3.05, 3.63) is 34.2 Å². The van der Waals surface area contributed by atoms with E-state index in [1.165, 1.54) is 0 Å². The molecule has 0 aliphatic heterocycles. The van der Waals surface area contributed by atoms with Gasteiger partial charge in [-0.2, -0.15) is 5.10 Å².